The summed E-state index contributed by atoms with van der Waals surface area (Å²) >= 11 is 6.28. The molecule has 1 aliphatic heterocycles. The Kier molecular flexibility index (Phi) is 8.61. The van der Waals surface area contributed by atoms with E-state index in [1.165, 1.54) is 10.1 Å². The number of aryl methyl sites for hydroxylation is 1. The molecular formula is C33H39ClFN7O2. The number of nitrogens with one attached hydrogen (secondary N) is 2. The lowest BCUT2D eigenvalue weighted by atomic mass is 9.92. The lowest BCUT2D eigenvalue weighted by Crippen LogP contribution is -2.37. The van der Waals surface area contributed by atoms with Crippen molar-refractivity contribution in [3.05, 3.63) is 81.1 Å². The molecule has 4 atom stereocenters. The van der Waals surface area contributed by atoms with E-state index in [1.54, 1.807) is 24.4 Å². The second-order valence-corrected chi connectivity index (χ2v) is 12.8. The maximum Gasteiger partial charge on any atom is 0.354 e. The molecule has 0 amide bonds. The van der Waals surface area contributed by atoms with E-state index < -0.39 is 23.1 Å². The van der Waals surface area contributed by atoms with Crippen LogP contribution in [0.15, 0.2) is 58.4 Å². The van der Waals surface area contributed by atoms with Crippen molar-refractivity contribution in [1.82, 2.24) is 19.9 Å². The summed E-state index contributed by atoms with van der Waals surface area (Å²) in [6, 6.07) is 13.8. The van der Waals surface area contributed by atoms with Crippen LogP contribution in [0.3, 0.4) is 0 Å². The van der Waals surface area contributed by atoms with Crippen molar-refractivity contribution < 1.29 is 9.50 Å². The Morgan fingerprint density at radius 3 is 2.75 bits per heavy atom. The number of piperidine rings is 1. The predicted octanol–water partition coefficient (Wildman–Crippen LogP) is 4.91. The van der Waals surface area contributed by atoms with Gasteiger partial charge >= 0.3 is 5.69 Å². The first kappa shape index (κ1) is 30.5. The van der Waals surface area contributed by atoms with E-state index in [-0.39, 0.29) is 11.1 Å². The van der Waals surface area contributed by atoms with Crippen LogP contribution in [0.2, 0.25) is 5.02 Å². The van der Waals surface area contributed by atoms with Crippen LogP contribution in [0.5, 0.6) is 0 Å². The monoisotopic (exact) mass is 619 g/mol. The Balaban J connectivity index is 1.19. The molecule has 0 spiro atoms. The summed E-state index contributed by atoms with van der Waals surface area (Å²) in [6.45, 7) is 2.53. The van der Waals surface area contributed by atoms with Gasteiger partial charge < -0.3 is 26.9 Å². The number of halogens is 2. The Morgan fingerprint density at radius 2 is 2.02 bits per heavy atom. The zero-order chi connectivity index (χ0) is 31.0. The van der Waals surface area contributed by atoms with Crippen molar-refractivity contribution in [3.8, 4) is 16.9 Å². The van der Waals surface area contributed by atoms with E-state index in [1.807, 2.05) is 19.1 Å². The molecule has 44 heavy (non-hydrogen) atoms. The third-order valence-corrected chi connectivity index (χ3v) is 9.24. The minimum atomic E-state index is -0.540. The molecule has 6 rings (SSSR count). The summed E-state index contributed by atoms with van der Waals surface area (Å²) in [5, 5.41) is 14.1. The number of aromatic amines is 1. The number of aliphatic imine (C=N–C) groups is 1. The van der Waals surface area contributed by atoms with Gasteiger partial charge in [0.1, 0.15) is 5.65 Å². The molecule has 2 aromatic carbocycles. The molecule has 2 aliphatic rings. The number of benzene rings is 2. The van der Waals surface area contributed by atoms with Gasteiger partial charge in [-0.15, -0.1) is 0 Å². The first-order chi connectivity index (χ1) is 21.1. The van der Waals surface area contributed by atoms with E-state index in [0.29, 0.717) is 59.1 Å². The van der Waals surface area contributed by atoms with Crippen LogP contribution in [0, 0.1) is 5.82 Å². The fourth-order valence-corrected chi connectivity index (χ4v) is 6.52. The number of nitrogens with two attached hydrogens (primary N) is 2. The molecule has 7 N–H and O–H groups in total. The van der Waals surface area contributed by atoms with E-state index in [4.69, 9.17) is 23.1 Å². The summed E-state index contributed by atoms with van der Waals surface area (Å²) in [7, 11) is 0. The molecule has 11 heteroatoms. The Labute approximate surface area is 260 Å². The number of fused-ring (bicyclic) bond motifs is 1. The van der Waals surface area contributed by atoms with Crippen molar-refractivity contribution in [2.45, 2.75) is 82.0 Å². The van der Waals surface area contributed by atoms with Crippen LogP contribution in [-0.4, -0.2) is 49.7 Å². The molecule has 4 aromatic rings. The van der Waals surface area contributed by atoms with Gasteiger partial charge in [0.2, 0.25) is 0 Å². The van der Waals surface area contributed by atoms with Gasteiger partial charge in [0.15, 0.2) is 5.82 Å². The molecule has 1 aliphatic carbocycles. The topological polar surface area (TPSA) is 147 Å². The van der Waals surface area contributed by atoms with Crippen molar-refractivity contribution >= 4 is 28.5 Å². The maximum atomic E-state index is 15.2. The van der Waals surface area contributed by atoms with Crippen LogP contribution >= 0.6 is 11.6 Å². The zero-order valence-electron chi connectivity index (χ0n) is 24.8. The summed E-state index contributed by atoms with van der Waals surface area (Å²) in [4.78, 5) is 24.7. The molecule has 9 nitrogen and oxygen atoms in total. The lowest BCUT2D eigenvalue weighted by molar-refractivity contribution is 0.243. The average molecular weight is 620 g/mol. The van der Waals surface area contributed by atoms with Gasteiger partial charge in [-0.1, -0.05) is 30.2 Å². The number of H-pyrrole nitrogens is 1. The van der Waals surface area contributed by atoms with Crippen LogP contribution in [0.1, 0.15) is 69.0 Å². The standard InChI is InChI=1S/C33H39ClFN7O2/c1-19(36)38-13-11-23-5-2-6-27(39-23)21-7-9-24(10-8-21)42-18-22-16-28(40-31(22)41-32(42)44)25-14-20(15-26(34)30(25)35)4-3-12-33(37)17-29(33)43/h7-10,14-16,18,23,27,29,39,43H,2-6,11-13,17,37H2,1H3,(H2,36,38)(H,40,41,44)/t23-,27-,29?,33?/m0/s1. The van der Waals surface area contributed by atoms with Gasteiger partial charge in [-0.25, -0.2) is 9.18 Å². The molecule has 0 radical (unpaired) electrons. The fourth-order valence-electron chi connectivity index (χ4n) is 6.28. The first-order valence-electron chi connectivity index (χ1n) is 15.3. The van der Waals surface area contributed by atoms with Crippen LogP contribution in [0.4, 0.5) is 4.39 Å². The molecule has 2 fully saturated rings. The van der Waals surface area contributed by atoms with Crippen LogP contribution in [0.25, 0.3) is 28.0 Å². The SMILES string of the molecule is CC(N)=NCC[C@@H]1CCC[C@@H](c2ccc(-n3cc4cc(-c5cc(CCCC6(N)CC6O)cc(Cl)c5F)[nH]c4nc3=O)cc2)N1. The fraction of sp³-hybridized carbons (Fsp3) is 0.424. The number of rotatable bonds is 10. The van der Waals surface area contributed by atoms with Gasteiger partial charge in [-0.2, -0.15) is 4.98 Å². The number of aliphatic hydroxyl groups excluding tert-OH is 1. The molecule has 2 aromatic heterocycles. The highest BCUT2D eigenvalue weighted by Crippen LogP contribution is 2.38. The Bertz CT molecular complexity index is 1750. The zero-order valence-corrected chi connectivity index (χ0v) is 25.6. The number of aromatic nitrogens is 3. The second-order valence-electron chi connectivity index (χ2n) is 12.4. The number of amidine groups is 1. The highest BCUT2D eigenvalue weighted by atomic mass is 35.5. The van der Waals surface area contributed by atoms with Crippen LogP contribution in [-0.2, 0) is 6.42 Å². The van der Waals surface area contributed by atoms with E-state index >= 15 is 4.39 Å². The Morgan fingerprint density at radius 1 is 1.25 bits per heavy atom. The minimum absolute atomic E-state index is 0.0237. The number of hydrogen-bond acceptors (Lipinski definition) is 6. The number of nitrogens with zero attached hydrogens (tertiary/aromatic N) is 3. The summed E-state index contributed by atoms with van der Waals surface area (Å²) in [5.74, 6) is 0.0713. The van der Waals surface area contributed by atoms with Gasteiger partial charge in [0, 0.05) is 41.3 Å². The van der Waals surface area contributed by atoms with Gasteiger partial charge in [-0.3, -0.25) is 9.56 Å². The van der Waals surface area contributed by atoms with E-state index in [0.717, 1.165) is 44.2 Å². The smallest absolute Gasteiger partial charge is 0.354 e. The van der Waals surface area contributed by atoms with E-state index in [2.05, 4.69) is 32.4 Å². The van der Waals surface area contributed by atoms with Gasteiger partial charge in [0.05, 0.1) is 28.3 Å². The highest BCUT2D eigenvalue weighted by molar-refractivity contribution is 6.31. The molecular weight excluding hydrogens is 581 g/mol. The van der Waals surface area contributed by atoms with Crippen molar-refractivity contribution in [3.63, 3.8) is 0 Å². The van der Waals surface area contributed by atoms with E-state index in [9.17, 15) is 9.90 Å². The van der Waals surface area contributed by atoms with Crippen molar-refractivity contribution in [1.29, 1.82) is 0 Å². The quantitative estimate of drug-likeness (QED) is 0.126. The summed E-state index contributed by atoms with van der Waals surface area (Å²) < 4.78 is 16.7. The first-order valence-corrected chi connectivity index (χ1v) is 15.7. The molecule has 1 saturated carbocycles. The van der Waals surface area contributed by atoms with Crippen molar-refractivity contribution in [2.24, 2.45) is 16.5 Å². The molecule has 3 heterocycles. The molecule has 2 unspecified atom stereocenters. The average Bonchev–Trinajstić information content (AvgIpc) is 3.38. The van der Waals surface area contributed by atoms with Crippen molar-refractivity contribution in [2.75, 3.05) is 6.54 Å². The second kappa shape index (κ2) is 12.4. The maximum absolute atomic E-state index is 15.2. The predicted molar refractivity (Wildman–Crippen MR) is 173 cm³/mol. The number of aliphatic hydroxyl groups is 1. The summed E-state index contributed by atoms with van der Waals surface area (Å²) in [6.07, 6.45) is 8.23. The number of hydrogen-bond donors (Lipinski definition) is 5. The third kappa shape index (κ3) is 6.58. The molecule has 232 valence electrons. The Hall–Kier alpha value is -3.57. The van der Waals surface area contributed by atoms with Gasteiger partial charge in [0.25, 0.3) is 0 Å². The van der Waals surface area contributed by atoms with Crippen LogP contribution < -0.4 is 22.5 Å². The summed E-state index contributed by atoms with van der Waals surface area (Å²) in [5.41, 5.74) is 14.8. The highest BCUT2D eigenvalue weighted by Gasteiger charge is 2.49. The minimum Gasteiger partial charge on any atom is -0.391 e. The largest absolute Gasteiger partial charge is 0.391 e. The molecule has 0 bridgehead atoms. The molecule has 1 saturated heterocycles. The third-order valence-electron chi connectivity index (χ3n) is 8.97. The lowest BCUT2D eigenvalue weighted by Gasteiger charge is -2.31. The van der Waals surface area contributed by atoms with Gasteiger partial charge in [-0.05, 0) is 93.3 Å². The normalized spacial score (nSPS) is 23.8.